The van der Waals surface area contributed by atoms with Crippen molar-refractivity contribution >= 4 is 0 Å². The molecule has 0 spiro atoms. The first-order valence-corrected chi connectivity index (χ1v) is 5.75. The molecule has 0 radical (unpaired) electrons. The molecule has 4 nitrogen and oxygen atoms in total. The van der Waals surface area contributed by atoms with Crippen molar-refractivity contribution in [2.24, 2.45) is 5.92 Å². The molecule has 3 heterocycles. The van der Waals surface area contributed by atoms with E-state index >= 15 is 0 Å². The van der Waals surface area contributed by atoms with Crippen LogP contribution in [0.1, 0.15) is 5.56 Å². The van der Waals surface area contributed by atoms with Crippen molar-refractivity contribution in [2.45, 2.75) is 18.8 Å². The Morgan fingerprint density at radius 2 is 2.50 bits per heavy atom. The van der Waals surface area contributed by atoms with Crippen molar-refractivity contribution < 1.29 is 9.47 Å². The summed E-state index contributed by atoms with van der Waals surface area (Å²) in [5.74, 6) is 0.525. The molecular formula is C12H16N2O2. The summed E-state index contributed by atoms with van der Waals surface area (Å²) in [5, 5.41) is 3.44. The van der Waals surface area contributed by atoms with Crippen LogP contribution in [0.25, 0.3) is 0 Å². The first-order valence-electron chi connectivity index (χ1n) is 5.75. The van der Waals surface area contributed by atoms with E-state index in [9.17, 15) is 0 Å². The van der Waals surface area contributed by atoms with Gasteiger partial charge >= 0.3 is 0 Å². The minimum atomic E-state index is 0.285. The number of fused-ring (bicyclic) bond motifs is 1. The van der Waals surface area contributed by atoms with Gasteiger partial charge in [0.05, 0.1) is 25.9 Å². The monoisotopic (exact) mass is 220 g/mol. The zero-order chi connectivity index (χ0) is 10.8. The largest absolute Gasteiger partial charge is 0.379 e. The van der Waals surface area contributed by atoms with E-state index in [2.05, 4.69) is 10.3 Å². The van der Waals surface area contributed by atoms with Gasteiger partial charge in [0.25, 0.3) is 0 Å². The lowest BCUT2D eigenvalue weighted by Crippen LogP contribution is -2.26. The topological polar surface area (TPSA) is 43.4 Å². The van der Waals surface area contributed by atoms with Crippen LogP contribution in [0, 0.1) is 5.92 Å². The second-order valence-electron chi connectivity index (χ2n) is 4.43. The molecule has 4 heteroatoms. The molecule has 2 aliphatic rings. The fourth-order valence-corrected chi connectivity index (χ4v) is 2.44. The van der Waals surface area contributed by atoms with Gasteiger partial charge in [0.15, 0.2) is 0 Å². The number of ether oxygens (including phenoxy) is 2. The molecule has 1 aromatic rings. The Bertz CT molecular complexity index is 344. The summed E-state index contributed by atoms with van der Waals surface area (Å²) >= 11 is 0. The summed E-state index contributed by atoms with van der Waals surface area (Å²) in [6.45, 7) is 3.25. The van der Waals surface area contributed by atoms with Crippen molar-refractivity contribution in [1.82, 2.24) is 10.3 Å². The number of nitrogens with one attached hydrogen (secondary N) is 1. The molecule has 0 aromatic carbocycles. The average molecular weight is 220 g/mol. The zero-order valence-corrected chi connectivity index (χ0v) is 9.13. The molecule has 16 heavy (non-hydrogen) atoms. The van der Waals surface area contributed by atoms with Crippen LogP contribution < -0.4 is 5.32 Å². The number of aromatic nitrogens is 1. The highest BCUT2D eigenvalue weighted by Gasteiger charge is 2.40. The lowest BCUT2D eigenvalue weighted by molar-refractivity contribution is 0.0151. The Balaban J connectivity index is 1.56. The Kier molecular flexibility index (Phi) is 2.86. The Morgan fingerprint density at radius 1 is 1.50 bits per heavy atom. The number of hydrogen-bond donors (Lipinski definition) is 1. The standard InChI is InChI=1S/C12H16N2O2/c1-2-9(4-13-3-1)6-16-12-5-14-11-8-15-7-10(11)12/h1-4,10-12,14H,5-8H2/t10-,11+,12+/m0/s1. The number of nitrogens with zero attached hydrogens (tertiary/aromatic N) is 1. The third-order valence-electron chi connectivity index (χ3n) is 3.37. The molecule has 86 valence electrons. The van der Waals surface area contributed by atoms with E-state index in [1.54, 1.807) is 6.20 Å². The molecule has 0 bridgehead atoms. The summed E-state index contributed by atoms with van der Waals surface area (Å²) in [6.07, 6.45) is 3.92. The van der Waals surface area contributed by atoms with Gasteiger partial charge < -0.3 is 14.8 Å². The number of hydrogen-bond acceptors (Lipinski definition) is 4. The summed E-state index contributed by atoms with van der Waals surface area (Å²) in [7, 11) is 0. The van der Waals surface area contributed by atoms with Crippen molar-refractivity contribution in [2.75, 3.05) is 19.8 Å². The average Bonchev–Trinajstić information content (AvgIpc) is 2.90. The van der Waals surface area contributed by atoms with Crippen molar-refractivity contribution in [3.8, 4) is 0 Å². The van der Waals surface area contributed by atoms with Crippen molar-refractivity contribution in [3.05, 3.63) is 30.1 Å². The molecule has 2 aliphatic heterocycles. The molecule has 0 unspecified atom stereocenters. The maximum atomic E-state index is 5.92. The molecule has 2 saturated heterocycles. The third kappa shape index (κ3) is 1.96. The molecular weight excluding hydrogens is 204 g/mol. The van der Waals surface area contributed by atoms with E-state index in [1.807, 2.05) is 18.3 Å². The van der Waals surface area contributed by atoms with Crippen LogP contribution >= 0.6 is 0 Å². The van der Waals surface area contributed by atoms with Crippen LogP contribution in [0.3, 0.4) is 0 Å². The highest BCUT2D eigenvalue weighted by Crippen LogP contribution is 2.25. The van der Waals surface area contributed by atoms with Crippen molar-refractivity contribution in [1.29, 1.82) is 0 Å². The van der Waals surface area contributed by atoms with Crippen LogP contribution in [0.15, 0.2) is 24.5 Å². The Labute approximate surface area is 95.0 Å². The maximum absolute atomic E-state index is 5.92. The van der Waals surface area contributed by atoms with Gasteiger partial charge in [0.2, 0.25) is 0 Å². The van der Waals surface area contributed by atoms with Crippen molar-refractivity contribution in [3.63, 3.8) is 0 Å². The maximum Gasteiger partial charge on any atom is 0.0770 e. The van der Waals surface area contributed by atoms with Gasteiger partial charge in [-0.25, -0.2) is 0 Å². The fraction of sp³-hybridized carbons (Fsp3) is 0.583. The molecule has 0 aliphatic carbocycles. The smallest absolute Gasteiger partial charge is 0.0770 e. The second-order valence-corrected chi connectivity index (χ2v) is 4.43. The predicted octanol–water partition coefficient (Wildman–Crippen LogP) is 0.585. The second kappa shape index (κ2) is 4.49. The molecule has 1 N–H and O–H groups in total. The van der Waals surface area contributed by atoms with E-state index in [4.69, 9.17) is 9.47 Å². The molecule has 3 atom stereocenters. The van der Waals surface area contributed by atoms with Gasteiger partial charge in [-0.15, -0.1) is 0 Å². The molecule has 3 rings (SSSR count). The Morgan fingerprint density at radius 3 is 3.38 bits per heavy atom. The minimum Gasteiger partial charge on any atom is -0.379 e. The normalized spacial score (nSPS) is 32.9. The van der Waals surface area contributed by atoms with Gasteiger partial charge in [-0.1, -0.05) is 6.07 Å². The third-order valence-corrected chi connectivity index (χ3v) is 3.37. The van der Waals surface area contributed by atoms with E-state index in [1.165, 1.54) is 0 Å². The summed E-state index contributed by atoms with van der Waals surface area (Å²) in [4.78, 5) is 4.08. The summed E-state index contributed by atoms with van der Waals surface area (Å²) < 4.78 is 11.4. The van der Waals surface area contributed by atoms with E-state index in [0.717, 1.165) is 25.3 Å². The van der Waals surface area contributed by atoms with Gasteiger partial charge in [0, 0.05) is 30.9 Å². The summed E-state index contributed by atoms with van der Waals surface area (Å²) in [5.41, 5.74) is 1.13. The number of rotatable bonds is 3. The van der Waals surface area contributed by atoms with E-state index in [0.29, 0.717) is 18.6 Å². The van der Waals surface area contributed by atoms with E-state index in [-0.39, 0.29) is 6.10 Å². The van der Waals surface area contributed by atoms with Gasteiger partial charge in [-0.3, -0.25) is 4.98 Å². The SMILES string of the molecule is c1cncc(CO[C@@H]2CN[C@@H]3COC[C@@H]32)c1. The first-order chi connectivity index (χ1) is 7.93. The van der Waals surface area contributed by atoms with Gasteiger partial charge in [-0.05, 0) is 11.6 Å². The summed E-state index contributed by atoms with van der Waals surface area (Å²) in [6, 6.07) is 4.48. The van der Waals surface area contributed by atoms with Crippen LogP contribution in [0.5, 0.6) is 0 Å². The van der Waals surface area contributed by atoms with Crippen LogP contribution in [-0.2, 0) is 16.1 Å². The molecule has 1 aromatic heterocycles. The van der Waals surface area contributed by atoms with Gasteiger partial charge in [0.1, 0.15) is 0 Å². The molecule has 0 saturated carbocycles. The minimum absolute atomic E-state index is 0.285. The highest BCUT2D eigenvalue weighted by molar-refractivity contribution is 5.07. The Hall–Kier alpha value is -0.970. The van der Waals surface area contributed by atoms with E-state index < -0.39 is 0 Å². The quantitative estimate of drug-likeness (QED) is 0.809. The highest BCUT2D eigenvalue weighted by atomic mass is 16.5. The first kappa shape index (κ1) is 10.2. The lowest BCUT2D eigenvalue weighted by Gasteiger charge is -2.16. The van der Waals surface area contributed by atoms with Crippen LogP contribution in [-0.4, -0.2) is 36.9 Å². The van der Waals surface area contributed by atoms with Crippen LogP contribution in [0.2, 0.25) is 0 Å². The van der Waals surface area contributed by atoms with Crippen LogP contribution in [0.4, 0.5) is 0 Å². The predicted molar refractivity (Wildman–Crippen MR) is 58.9 cm³/mol. The molecule has 2 fully saturated rings. The lowest BCUT2D eigenvalue weighted by atomic mass is 10.0. The fourth-order valence-electron chi connectivity index (χ4n) is 2.44. The van der Waals surface area contributed by atoms with Gasteiger partial charge in [-0.2, -0.15) is 0 Å². The molecule has 0 amide bonds. The zero-order valence-electron chi connectivity index (χ0n) is 9.13. The number of pyridine rings is 1.